The molecule has 6 heteroatoms. The fourth-order valence-corrected chi connectivity index (χ4v) is 1.95. The minimum Gasteiger partial charge on any atom is -0.292 e. The van der Waals surface area contributed by atoms with Gasteiger partial charge in [-0.3, -0.25) is 4.79 Å². The third-order valence-corrected chi connectivity index (χ3v) is 6.27. The molecule has 0 saturated heterocycles. The van der Waals surface area contributed by atoms with Gasteiger partial charge in [-0.1, -0.05) is 34.2 Å². The van der Waals surface area contributed by atoms with Crippen LogP contribution in [0.4, 0.5) is 0 Å². The molecule has 0 bridgehead atoms. The molecule has 0 radical (unpaired) electrons. The van der Waals surface area contributed by atoms with Crippen LogP contribution in [0, 0.1) is 0 Å². The zero-order chi connectivity index (χ0) is 11.6. The van der Waals surface area contributed by atoms with Crippen LogP contribution in [0.2, 0.25) is 5.02 Å². The molecule has 0 aliphatic rings. The first-order valence-corrected chi connectivity index (χ1v) is 7.53. The predicted octanol–water partition coefficient (Wildman–Crippen LogP) is 2.33. The Labute approximate surface area is 107 Å². The van der Waals surface area contributed by atoms with Gasteiger partial charge in [0, 0.05) is 16.8 Å². The highest BCUT2D eigenvalue weighted by Gasteiger charge is 2.26. The molecule has 1 rings (SSSR count). The van der Waals surface area contributed by atoms with E-state index in [1.54, 1.807) is 34.7 Å². The van der Waals surface area contributed by atoms with Crippen molar-refractivity contribution in [1.29, 1.82) is 0 Å². The summed E-state index contributed by atoms with van der Waals surface area (Å²) in [6.45, 7) is 0. The van der Waals surface area contributed by atoms with Crippen LogP contribution >= 0.6 is 34.2 Å². The SMILES string of the molecule is CS(=O)(=O)[C@H](I)C(=O)c1ccc(Cl)cc1. The van der Waals surface area contributed by atoms with Crippen LogP contribution in [0.3, 0.4) is 0 Å². The lowest BCUT2D eigenvalue weighted by Gasteiger charge is -2.06. The van der Waals surface area contributed by atoms with Crippen molar-refractivity contribution >= 4 is 49.8 Å². The lowest BCUT2D eigenvalue weighted by molar-refractivity contribution is 0.101. The first kappa shape index (κ1) is 12.9. The monoisotopic (exact) mass is 358 g/mol. The smallest absolute Gasteiger partial charge is 0.190 e. The Kier molecular flexibility index (Phi) is 4.13. The molecular formula is C9H8ClIO3S. The van der Waals surface area contributed by atoms with Gasteiger partial charge in [0.15, 0.2) is 18.9 Å². The Morgan fingerprint density at radius 3 is 2.20 bits per heavy atom. The molecule has 0 N–H and O–H groups in total. The largest absolute Gasteiger partial charge is 0.292 e. The average Bonchev–Trinajstić information content (AvgIpc) is 2.15. The number of benzene rings is 1. The van der Waals surface area contributed by atoms with Gasteiger partial charge in [0.25, 0.3) is 0 Å². The molecule has 0 heterocycles. The molecule has 0 aromatic heterocycles. The summed E-state index contributed by atoms with van der Waals surface area (Å²) in [7, 11) is -3.36. The van der Waals surface area contributed by atoms with E-state index in [2.05, 4.69) is 0 Å². The number of halogens is 2. The van der Waals surface area contributed by atoms with E-state index >= 15 is 0 Å². The number of carbonyl (C=O) groups excluding carboxylic acids is 1. The third-order valence-electron chi connectivity index (χ3n) is 1.71. The first-order valence-electron chi connectivity index (χ1n) is 3.95. The molecule has 0 aliphatic heterocycles. The van der Waals surface area contributed by atoms with Crippen molar-refractivity contribution in [3.05, 3.63) is 34.9 Å². The van der Waals surface area contributed by atoms with Crippen molar-refractivity contribution in [2.45, 2.75) is 3.26 Å². The second-order valence-electron chi connectivity index (χ2n) is 3.02. The molecule has 3 nitrogen and oxygen atoms in total. The maximum atomic E-state index is 11.7. The van der Waals surface area contributed by atoms with Crippen LogP contribution in [-0.2, 0) is 9.84 Å². The molecule has 1 atom stereocenters. The zero-order valence-corrected chi connectivity index (χ0v) is 11.5. The summed E-state index contributed by atoms with van der Waals surface area (Å²) in [5, 5.41) is 0.510. The number of hydrogen-bond acceptors (Lipinski definition) is 3. The Bertz CT molecular complexity index is 467. The van der Waals surface area contributed by atoms with Crippen LogP contribution in [0.5, 0.6) is 0 Å². The average molecular weight is 359 g/mol. The van der Waals surface area contributed by atoms with Gasteiger partial charge in [0.1, 0.15) is 0 Å². The molecule has 0 spiro atoms. The Morgan fingerprint density at radius 2 is 1.80 bits per heavy atom. The summed E-state index contributed by atoms with van der Waals surface area (Å²) in [5.41, 5.74) is 0.351. The van der Waals surface area contributed by atoms with E-state index in [9.17, 15) is 13.2 Å². The van der Waals surface area contributed by atoms with Crippen molar-refractivity contribution < 1.29 is 13.2 Å². The van der Waals surface area contributed by atoms with Crippen LogP contribution in [0.15, 0.2) is 24.3 Å². The maximum absolute atomic E-state index is 11.7. The predicted molar refractivity (Wildman–Crippen MR) is 68.4 cm³/mol. The van der Waals surface area contributed by atoms with Gasteiger partial charge in [0.05, 0.1) is 0 Å². The van der Waals surface area contributed by atoms with E-state index in [0.717, 1.165) is 6.26 Å². The quantitative estimate of drug-likeness (QED) is 0.473. The van der Waals surface area contributed by atoms with Gasteiger partial charge in [-0.25, -0.2) is 8.42 Å². The first-order chi connectivity index (χ1) is 6.82. The Hall–Kier alpha value is -0.140. The number of hydrogen-bond donors (Lipinski definition) is 0. The van der Waals surface area contributed by atoms with Gasteiger partial charge in [0.2, 0.25) is 0 Å². The highest BCUT2D eigenvalue weighted by molar-refractivity contribution is 14.1. The molecule has 15 heavy (non-hydrogen) atoms. The molecule has 1 aromatic rings. The maximum Gasteiger partial charge on any atom is 0.190 e. The van der Waals surface area contributed by atoms with E-state index < -0.39 is 18.9 Å². The highest BCUT2D eigenvalue weighted by Crippen LogP contribution is 2.17. The molecule has 0 saturated carbocycles. The van der Waals surface area contributed by atoms with E-state index in [1.807, 2.05) is 0 Å². The molecule has 0 fully saturated rings. The minimum atomic E-state index is -3.36. The van der Waals surface area contributed by atoms with E-state index in [1.165, 1.54) is 12.1 Å². The van der Waals surface area contributed by atoms with E-state index in [-0.39, 0.29) is 0 Å². The second-order valence-corrected chi connectivity index (χ2v) is 7.67. The summed E-state index contributed by atoms with van der Waals surface area (Å²) in [6.07, 6.45) is 1.04. The Morgan fingerprint density at radius 1 is 1.33 bits per heavy atom. The zero-order valence-electron chi connectivity index (χ0n) is 7.78. The number of ketones is 1. The van der Waals surface area contributed by atoms with Gasteiger partial charge in [-0.15, -0.1) is 0 Å². The molecular weight excluding hydrogens is 351 g/mol. The molecule has 0 aliphatic carbocycles. The minimum absolute atomic E-state index is 0.351. The van der Waals surface area contributed by atoms with Crippen LogP contribution in [0.1, 0.15) is 10.4 Å². The molecule has 82 valence electrons. The van der Waals surface area contributed by atoms with Gasteiger partial charge < -0.3 is 0 Å². The van der Waals surface area contributed by atoms with Crippen molar-refractivity contribution in [2.75, 3.05) is 6.26 Å². The fourth-order valence-electron chi connectivity index (χ4n) is 0.940. The van der Waals surface area contributed by atoms with Crippen molar-refractivity contribution in [3.63, 3.8) is 0 Å². The van der Waals surface area contributed by atoms with Crippen molar-refractivity contribution in [1.82, 2.24) is 0 Å². The summed E-state index contributed by atoms with van der Waals surface area (Å²) < 4.78 is 21.3. The number of Topliss-reactive ketones (excluding diaryl/α,β-unsaturated/α-hetero) is 1. The Balaban J connectivity index is 3.01. The fraction of sp³-hybridized carbons (Fsp3) is 0.222. The van der Waals surface area contributed by atoms with Crippen LogP contribution < -0.4 is 0 Å². The molecule has 0 unspecified atom stereocenters. The summed E-state index contributed by atoms with van der Waals surface area (Å²) >= 11 is 7.27. The number of carbonyl (C=O) groups is 1. The van der Waals surface area contributed by atoms with Gasteiger partial charge in [-0.2, -0.15) is 0 Å². The standard InChI is InChI=1S/C9H8ClIO3S/c1-15(13,14)9(11)8(12)6-2-4-7(10)5-3-6/h2-5,9H,1H3/t9-/m0/s1. The topological polar surface area (TPSA) is 51.2 Å². The van der Waals surface area contributed by atoms with E-state index in [0.29, 0.717) is 10.6 Å². The van der Waals surface area contributed by atoms with Crippen molar-refractivity contribution in [2.24, 2.45) is 0 Å². The van der Waals surface area contributed by atoms with Gasteiger partial charge >= 0.3 is 0 Å². The normalized spacial score (nSPS) is 13.5. The van der Waals surface area contributed by atoms with Gasteiger partial charge in [-0.05, 0) is 24.3 Å². The van der Waals surface area contributed by atoms with Crippen LogP contribution in [-0.4, -0.2) is 23.7 Å². The lowest BCUT2D eigenvalue weighted by atomic mass is 10.1. The molecule has 1 aromatic carbocycles. The number of rotatable bonds is 3. The van der Waals surface area contributed by atoms with Crippen LogP contribution in [0.25, 0.3) is 0 Å². The summed E-state index contributed by atoms with van der Waals surface area (Å²) in [6, 6.07) is 6.14. The summed E-state index contributed by atoms with van der Waals surface area (Å²) in [5.74, 6) is -0.422. The highest BCUT2D eigenvalue weighted by atomic mass is 127. The van der Waals surface area contributed by atoms with E-state index in [4.69, 9.17) is 11.6 Å². The summed E-state index contributed by atoms with van der Waals surface area (Å²) in [4.78, 5) is 11.7. The second kappa shape index (κ2) is 4.80. The number of sulfone groups is 1. The van der Waals surface area contributed by atoms with Crippen molar-refractivity contribution in [3.8, 4) is 0 Å². The third kappa shape index (κ3) is 3.42. The molecule has 0 amide bonds. The lowest BCUT2D eigenvalue weighted by Crippen LogP contribution is -2.23. The number of alkyl halides is 1.